The van der Waals surface area contributed by atoms with Crippen LogP contribution in [-0.2, 0) is 11.2 Å². The van der Waals surface area contributed by atoms with Crippen LogP contribution in [0.15, 0.2) is 72.8 Å². The molecule has 132 valence electrons. The lowest BCUT2D eigenvalue weighted by molar-refractivity contribution is -0.115. The number of aryl methyl sites for hydroxylation is 1. The molecule has 0 spiro atoms. The third-order valence-corrected chi connectivity index (χ3v) is 3.92. The number of hydrogen-bond donors (Lipinski definition) is 1. The van der Waals surface area contributed by atoms with Gasteiger partial charge in [-0.15, -0.1) is 0 Å². The Morgan fingerprint density at radius 3 is 2.19 bits per heavy atom. The molecule has 0 saturated carbocycles. The molecule has 0 fully saturated rings. The second kappa shape index (κ2) is 8.21. The van der Waals surface area contributed by atoms with Crippen LogP contribution in [0.5, 0.6) is 17.2 Å². The first-order chi connectivity index (χ1) is 12.6. The van der Waals surface area contributed by atoms with Crippen LogP contribution in [0.4, 0.5) is 5.69 Å². The minimum atomic E-state index is -0.0488. The highest BCUT2D eigenvalue weighted by Gasteiger charge is 2.06. The van der Waals surface area contributed by atoms with Crippen LogP contribution in [0.25, 0.3) is 0 Å². The standard InChI is InChI=1S/C22H21NO3/c1-16-7-9-17(10-8-16)15-22(24)23-18-11-13-19(14-12-18)26-21-6-4-3-5-20(21)25-2/h3-14H,15H2,1-2H3,(H,23,24). The van der Waals surface area contributed by atoms with E-state index >= 15 is 0 Å². The number of nitrogens with one attached hydrogen (secondary N) is 1. The minimum absolute atomic E-state index is 0.0488. The Morgan fingerprint density at radius 2 is 1.54 bits per heavy atom. The maximum atomic E-state index is 12.2. The number of hydrogen-bond acceptors (Lipinski definition) is 3. The van der Waals surface area contributed by atoms with Gasteiger partial charge in [-0.25, -0.2) is 0 Å². The summed E-state index contributed by atoms with van der Waals surface area (Å²) in [5, 5.41) is 2.90. The lowest BCUT2D eigenvalue weighted by atomic mass is 10.1. The molecule has 4 nitrogen and oxygen atoms in total. The Morgan fingerprint density at radius 1 is 0.885 bits per heavy atom. The average molecular weight is 347 g/mol. The number of anilines is 1. The monoisotopic (exact) mass is 347 g/mol. The first kappa shape index (κ1) is 17.5. The van der Waals surface area contributed by atoms with Crippen LogP contribution in [0.2, 0.25) is 0 Å². The van der Waals surface area contributed by atoms with E-state index in [9.17, 15) is 4.79 Å². The molecule has 0 bridgehead atoms. The molecule has 0 heterocycles. The highest BCUT2D eigenvalue weighted by Crippen LogP contribution is 2.31. The molecule has 26 heavy (non-hydrogen) atoms. The SMILES string of the molecule is COc1ccccc1Oc1ccc(NC(=O)Cc2ccc(C)cc2)cc1. The Balaban J connectivity index is 1.60. The second-order valence-electron chi connectivity index (χ2n) is 5.99. The molecule has 0 atom stereocenters. The number of carbonyl (C=O) groups is 1. The Labute approximate surface area is 153 Å². The third-order valence-electron chi connectivity index (χ3n) is 3.92. The molecular weight excluding hydrogens is 326 g/mol. The van der Waals surface area contributed by atoms with Crippen molar-refractivity contribution in [3.63, 3.8) is 0 Å². The molecule has 0 aliphatic carbocycles. The lowest BCUT2D eigenvalue weighted by Gasteiger charge is -2.11. The molecule has 0 aliphatic heterocycles. The van der Waals surface area contributed by atoms with E-state index in [1.807, 2.05) is 79.7 Å². The molecular formula is C22H21NO3. The lowest BCUT2D eigenvalue weighted by Crippen LogP contribution is -2.14. The zero-order valence-electron chi connectivity index (χ0n) is 14.9. The van der Waals surface area contributed by atoms with E-state index in [0.717, 1.165) is 11.3 Å². The fourth-order valence-corrected chi connectivity index (χ4v) is 2.53. The van der Waals surface area contributed by atoms with Crippen molar-refractivity contribution < 1.29 is 14.3 Å². The van der Waals surface area contributed by atoms with Crippen molar-refractivity contribution in [1.82, 2.24) is 0 Å². The van der Waals surface area contributed by atoms with Gasteiger partial charge < -0.3 is 14.8 Å². The predicted octanol–water partition coefficient (Wildman–Crippen LogP) is 4.98. The number of carbonyl (C=O) groups excluding carboxylic acids is 1. The number of amides is 1. The first-order valence-electron chi connectivity index (χ1n) is 8.40. The summed E-state index contributed by atoms with van der Waals surface area (Å²) in [5.41, 5.74) is 2.90. The van der Waals surface area contributed by atoms with E-state index in [4.69, 9.17) is 9.47 Å². The van der Waals surface area contributed by atoms with Gasteiger partial charge in [0.15, 0.2) is 11.5 Å². The van der Waals surface area contributed by atoms with Gasteiger partial charge in [0.25, 0.3) is 0 Å². The van der Waals surface area contributed by atoms with Gasteiger partial charge in [-0.2, -0.15) is 0 Å². The predicted molar refractivity (Wildman–Crippen MR) is 103 cm³/mol. The van der Waals surface area contributed by atoms with E-state index in [1.54, 1.807) is 7.11 Å². The Bertz CT molecular complexity index is 871. The minimum Gasteiger partial charge on any atom is -0.493 e. The van der Waals surface area contributed by atoms with E-state index in [2.05, 4.69) is 5.32 Å². The summed E-state index contributed by atoms with van der Waals surface area (Å²) in [7, 11) is 1.61. The van der Waals surface area contributed by atoms with Gasteiger partial charge in [-0.05, 0) is 48.9 Å². The summed E-state index contributed by atoms with van der Waals surface area (Å²) in [5.74, 6) is 1.94. The van der Waals surface area contributed by atoms with Crippen molar-refractivity contribution in [1.29, 1.82) is 0 Å². The van der Waals surface area contributed by atoms with Gasteiger partial charge in [0.1, 0.15) is 5.75 Å². The molecule has 3 aromatic rings. The maximum Gasteiger partial charge on any atom is 0.228 e. The Hall–Kier alpha value is -3.27. The van der Waals surface area contributed by atoms with E-state index in [-0.39, 0.29) is 5.91 Å². The summed E-state index contributed by atoms with van der Waals surface area (Å²) in [6, 6.07) is 22.7. The van der Waals surface area contributed by atoms with Crippen LogP contribution in [0.1, 0.15) is 11.1 Å². The molecule has 0 saturated heterocycles. The zero-order chi connectivity index (χ0) is 18.4. The normalized spacial score (nSPS) is 10.2. The van der Waals surface area contributed by atoms with Crippen LogP contribution in [-0.4, -0.2) is 13.0 Å². The summed E-state index contributed by atoms with van der Waals surface area (Å²) in [6.07, 6.45) is 0.347. The van der Waals surface area contributed by atoms with Gasteiger partial charge in [-0.1, -0.05) is 42.0 Å². The van der Waals surface area contributed by atoms with E-state index in [1.165, 1.54) is 5.56 Å². The van der Waals surface area contributed by atoms with E-state index < -0.39 is 0 Å². The highest BCUT2D eigenvalue weighted by atomic mass is 16.5. The van der Waals surface area contributed by atoms with Crippen molar-refractivity contribution >= 4 is 11.6 Å². The quantitative estimate of drug-likeness (QED) is 0.684. The van der Waals surface area contributed by atoms with Gasteiger partial charge in [0, 0.05) is 5.69 Å². The van der Waals surface area contributed by atoms with Gasteiger partial charge in [0.05, 0.1) is 13.5 Å². The molecule has 0 aromatic heterocycles. The first-order valence-corrected chi connectivity index (χ1v) is 8.40. The number of methoxy groups -OCH3 is 1. The van der Waals surface area contributed by atoms with Crippen molar-refractivity contribution in [3.05, 3.63) is 83.9 Å². The van der Waals surface area contributed by atoms with Crippen LogP contribution >= 0.6 is 0 Å². The molecule has 3 rings (SSSR count). The van der Waals surface area contributed by atoms with Crippen LogP contribution in [0, 0.1) is 6.92 Å². The summed E-state index contributed by atoms with van der Waals surface area (Å²) in [6.45, 7) is 2.03. The average Bonchev–Trinajstić information content (AvgIpc) is 2.65. The summed E-state index contributed by atoms with van der Waals surface area (Å²) in [4.78, 5) is 12.2. The molecule has 0 radical (unpaired) electrons. The van der Waals surface area contributed by atoms with Crippen molar-refractivity contribution in [2.24, 2.45) is 0 Å². The van der Waals surface area contributed by atoms with Crippen LogP contribution in [0.3, 0.4) is 0 Å². The topological polar surface area (TPSA) is 47.6 Å². The van der Waals surface area contributed by atoms with Crippen molar-refractivity contribution in [2.75, 3.05) is 12.4 Å². The number of benzene rings is 3. The fraction of sp³-hybridized carbons (Fsp3) is 0.136. The molecule has 0 unspecified atom stereocenters. The summed E-state index contributed by atoms with van der Waals surface area (Å²) >= 11 is 0. The van der Waals surface area contributed by atoms with Gasteiger partial charge in [0.2, 0.25) is 5.91 Å². The summed E-state index contributed by atoms with van der Waals surface area (Å²) < 4.78 is 11.1. The fourth-order valence-electron chi connectivity index (χ4n) is 2.53. The smallest absolute Gasteiger partial charge is 0.228 e. The van der Waals surface area contributed by atoms with Crippen molar-refractivity contribution in [3.8, 4) is 17.2 Å². The molecule has 0 aliphatic rings. The Kier molecular flexibility index (Phi) is 5.54. The zero-order valence-corrected chi connectivity index (χ0v) is 14.9. The third kappa shape index (κ3) is 4.63. The molecule has 3 aromatic carbocycles. The number of rotatable bonds is 6. The number of ether oxygens (including phenoxy) is 2. The molecule has 4 heteroatoms. The maximum absolute atomic E-state index is 12.2. The van der Waals surface area contributed by atoms with Crippen LogP contribution < -0.4 is 14.8 Å². The van der Waals surface area contributed by atoms with Crippen molar-refractivity contribution in [2.45, 2.75) is 13.3 Å². The number of para-hydroxylation sites is 2. The highest BCUT2D eigenvalue weighted by molar-refractivity contribution is 5.92. The largest absolute Gasteiger partial charge is 0.493 e. The van der Waals surface area contributed by atoms with E-state index in [0.29, 0.717) is 23.7 Å². The molecule has 1 N–H and O–H groups in total. The van der Waals surface area contributed by atoms with Gasteiger partial charge >= 0.3 is 0 Å². The second-order valence-corrected chi connectivity index (χ2v) is 5.99. The van der Waals surface area contributed by atoms with Gasteiger partial charge in [-0.3, -0.25) is 4.79 Å². The molecule has 1 amide bonds.